The van der Waals surface area contributed by atoms with Gasteiger partial charge in [-0.15, -0.1) is 0 Å². The van der Waals surface area contributed by atoms with Crippen molar-refractivity contribution in [2.45, 2.75) is 31.7 Å². The lowest BCUT2D eigenvalue weighted by atomic mass is 9.93. The zero-order chi connectivity index (χ0) is 21.6. The Kier molecular flexibility index (Phi) is 7.66. The number of halogens is 1. The minimum atomic E-state index is -3.80. The summed E-state index contributed by atoms with van der Waals surface area (Å²) in [7, 11) is -2.32. The molecule has 0 radical (unpaired) electrons. The lowest BCUT2D eigenvalue weighted by Crippen LogP contribution is -2.52. The Morgan fingerprint density at radius 1 is 1.27 bits per heavy atom. The summed E-state index contributed by atoms with van der Waals surface area (Å²) >= 11 is 0. The number of carbonyl (C=O) groups excluding carboxylic acids is 1. The lowest BCUT2D eigenvalue weighted by Gasteiger charge is -2.36. The number of likely N-dealkylation sites (N-methyl/N-ethyl adjacent to an activating group) is 1. The van der Waals surface area contributed by atoms with Gasteiger partial charge in [0.1, 0.15) is 6.04 Å². The van der Waals surface area contributed by atoms with Crippen molar-refractivity contribution in [3.05, 3.63) is 59.2 Å². The molecule has 2 aliphatic rings. The van der Waals surface area contributed by atoms with Crippen LogP contribution in [0.15, 0.2) is 53.6 Å². The topological polar surface area (TPSA) is 69.7 Å². The maximum atomic E-state index is 13.4. The van der Waals surface area contributed by atoms with E-state index >= 15 is 0 Å². The molecule has 3 rings (SSSR count). The van der Waals surface area contributed by atoms with Crippen molar-refractivity contribution in [1.29, 1.82) is 0 Å². The minimum absolute atomic E-state index is 0.191. The summed E-state index contributed by atoms with van der Waals surface area (Å²) in [5.41, 5.74) is 0.904. The molecule has 2 aliphatic heterocycles. The van der Waals surface area contributed by atoms with Crippen molar-refractivity contribution in [2.75, 3.05) is 33.4 Å². The first-order valence-electron chi connectivity index (χ1n) is 10.4. The van der Waals surface area contributed by atoms with E-state index in [1.165, 1.54) is 11.4 Å². The zero-order valence-corrected chi connectivity index (χ0v) is 18.2. The monoisotopic (exact) mass is 435 g/mol. The van der Waals surface area contributed by atoms with Crippen LogP contribution < -0.4 is 5.32 Å². The number of nitrogens with one attached hydrogen (secondary N) is 1. The Morgan fingerprint density at radius 3 is 2.57 bits per heavy atom. The highest BCUT2D eigenvalue weighted by atomic mass is 32.2. The van der Waals surface area contributed by atoms with Gasteiger partial charge < -0.3 is 10.2 Å². The number of nitrogens with zero attached hydrogens (tertiary/aromatic N) is 2. The van der Waals surface area contributed by atoms with E-state index in [1.807, 2.05) is 30.3 Å². The average molecular weight is 436 g/mol. The Hall–Kier alpha value is -2.19. The first-order chi connectivity index (χ1) is 14.4. The fourth-order valence-corrected chi connectivity index (χ4v) is 5.37. The summed E-state index contributed by atoms with van der Waals surface area (Å²) in [5, 5.41) is 2.91. The third-order valence-corrected chi connectivity index (χ3v) is 7.88. The molecular weight excluding hydrogens is 405 g/mol. The van der Waals surface area contributed by atoms with Gasteiger partial charge in [0.2, 0.25) is 15.9 Å². The average Bonchev–Trinajstić information content (AvgIpc) is 2.78. The fraction of sp³-hybridized carbons (Fsp3) is 0.500. The summed E-state index contributed by atoms with van der Waals surface area (Å²) < 4.78 is 40.3. The van der Waals surface area contributed by atoms with Crippen LogP contribution in [0.4, 0.5) is 4.39 Å². The number of alkyl halides is 1. The Morgan fingerprint density at radius 2 is 1.97 bits per heavy atom. The number of likely N-dealkylation sites (tertiary alicyclic amines) is 1. The molecule has 6 nitrogen and oxygen atoms in total. The lowest BCUT2D eigenvalue weighted by molar-refractivity contribution is -0.136. The largest absolute Gasteiger partial charge is 0.386 e. The van der Waals surface area contributed by atoms with Gasteiger partial charge in [-0.3, -0.25) is 9.18 Å². The van der Waals surface area contributed by atoms with Crippen molar-refractivity contribution in [3.63, 3.8) is 0 Å². The first-order valence-corrected chi connectivity index (χ1v) is 11.8. The number of carbonyl (C=O) groups is 1. The predicted molar refractivity (Wildman–Crippen MR) is 116 cm³/mol. The highest BCUT2D eigenvalue weighted by molar-refractivity contribution is 7.93. The van der Waals surface area contributed by atoms with Gasteiger partial charge in [0, 0.05) is 20.1 Å². The second-order valence-electron chi connectivity index (χ2n) is 7.85. The standard InChI is InChI=1S/C22H30FN3O3S/c1-25(30(28,29)20-8-5-13-24-17-20)21(16-19-6-3-2-4-7-19)22(27)26-14-10-18(9-12-23)11-15-26/h2-8,13,18,21,24H,9-12,14-17H2,1H3/t21-/m0/s1. The number of rotatable bonds is 8. The predicted octanol–water partition coefficient (Wildman–Crippen LogP) is 2.46. The quantitative estimate of drug-likeness (QED) is 0.681. The second kappa shape index (κ2) is 10.2. The smallest absolute Gasteiger partial charge is 0.241 e. The molecule has 0 bridgehead atoms. The van der Waals surface area contributed by atoms with E-state index in [0.717, 1.165) is 18.4 Å². The molecule has 164 valence electrons. The molecule has 1 aromatic carbocycles. The van der Waals surface area contributed by atoms with Gasteiger partial charge in [0.25, 0.3) is 0 Å². The van der Waals surface area contributed by atoms with Gasteiger partial charge in [-0.25, -0.2) is 8.42 Å². The van der Waals surface area contributed by atoms with Crippen molar-refractivity contribution in [2.24, 2.45) is 5.92 Å². The highest BCUT2D eigenvalue weighted by Gasteiger charge is 2.37. The molecule has 1 saturated heterocycles. The van der Waals surface area contributed by atoms with Gasteiger partial charge in [0.05, 0.1) is 18.1 Å². The molecule has 0 unspecified atom stereocenters. The number of piperidine rings is 1. The van der Waals surface area contributed by atoms with Crippen molar-refractivity contribution in [1.82, 2.24) is 14.5 Å². The van der Waals surface area contributed by atoms with E-state index in [1.54, 1.807) is 23.3 Å². The molecule has 2 heterocycles. The summed E-state index contributed by atoms with van der Waals surface area (Å²) in [6.45, 7) is 0.934. The van der Waals surface area contributed by atoms with Crippen LogP contribution in [0.3, 0.4) is 0 Å². The summed E-state index contributed by atoms with van der Waals surface area (Å²) in [6.07, 6.45) is 7.23. The van der Waals surface area contributed by atoms with Crippen LogP contribution in [0.2, 0.25) is 0 Å². The number of allylic oxidation sites excluding steroid dienone is 2. The van der Waals surface area contributed by atoms with E-state index in [-0.39, 0.29) is 24.0 Å². The van der Waals surface area contributed by atoms with Gasteiger partial charge in [0.15, 0.2) is 0 Å². The number of benzene rings is 1. The van der Waals surface area contributed by atoms with Gasteiger partial charge in [-0.1, -0.05) is 30.3 Å². The van der Waals surface area contributed by atoms with Gasteiger partial charge in [-0.05, 0) is 55.5 Å². The molecule has 1 fully saturated rings. The molecule has 0 spiro atoms. The summed E-state index contributed by atoms with van der Waals surface area (Å²) in [4.78, 5) is 15.4. The maximum Gasteiger partial charge on any atom is 0.241 e. The van der Waals surface area contributed by atoms with Crippen LogP contribution in [0, 0.1) is 5.92 Å². The SMILES string of the molecule is CN([C@@H](Cc1ccccc1)C(=O)N1CCC(CCF)CC1)S(=O)(=O)C1=CC=CNC1. The van der Waals surface area contributed by atoms with Gasteiger partial charge >= 0.3 is 0 Å². The van der Waals surface area contributed by atoms with Crippen LogP contribution >= 0.6 is 0 Å². The van der Waals surface area contributed by atoms with Crippen molar-refractivity contribution >= 4 is 15.9 Å². The number of amides is 1. The molecule has 0 aromatic heterocycles. The Balaban J connectivity index is 1.82. The minimum Gasteiger partial charge on any atom is -0.386 e. The van der Waals surface area contributed by atoms with Crippen molar-refractivity contribution in [3.8, 4) is 0 Å². The highest BCUT2D eigenvalue weighted by Crippen LogP contribution is 2.24. The normalized spacial score (nSPS) is 18.8. The molecule has 1 atom stereocenters. The van der Waals surface area contributed by atoms with E-state index < -0.39 is 16.1 Å². The number of hydrogen-bond acceptors (Lipinski definition) is 4. The van der Waals surface area contributed by atoms with Crippen LogP contribution in [0.1, 0.15) is 24.8 Å². The Bertz CT molecular complexity index is 878. The molecule has 1 N–H and O–H groups in total. The van der Waals surface area contributed by atoms with E-state index in [2.05, 4.69) is 5.32 Å². The van der Waals surface area contributed by atoms with Crippen LogP contribution in [0.5, 0.6) is 0 Å². The fourth-order valence-electron chi connectivity index (χ4n) is 3.99. The summed E-state index contributed by atoms with van der Waals surface area (Å²) in [5.74, 6) is 0.0990. The number of dihydropyridines is 1. The van der Waals surface area contributed by atoms with E-state index in [0.29, 0.717) is 31.8 Å². The molecule has 1 amide bonds. The second-order valence-corrected chi connectivity index (χ2v) is 9.90. The number of hydrogen-bond donors (Lipinski definition) is 1. The number of sulfonamides is 1. The molecule has 0 saturated carbocycles. The van der Waals surface area contributed by atoms with E-state index in [4.69, 9.17) is 0 Å². The third kappa shape index (κ3) is 5.29. The third-order valence-electron chi connectivity index (χ3n) is 5.92. The summed E-state index contributed by atoms with van der Waals surface area (Å²) in [6, 6.07) is 8.62. The molecule has 0 aliphatic carbocycles. The Labute approximate surface area is 178 Å². The van der Waals surface area contributed by atoms with E-state index in [9.17, 15) is 17.6 Å². The van der Waals surface area contributed by atoms with Crippen LogP contribution in [-0.2, 0) is 21.2 Å². The molecule has 1 aromatic rings. The molecule has 30 heavy (non-hydrogen) atoms. The maximum absolute atomic E-state index is 13.4. The molecular formula is C22H30FN3O3S. The first kappa shape index (κ1) is 22.5. The zero-order valence-electron chi connectivity index (χ0n) is 17.3. The molecule has 8 heteroatoms. The van der Waals surface area contributed by atoms with Crippen molar-refractivity contribution < 1.29 is 17.6 Å². The van der Waals surface area contributed by atoms with Crippen LogP contribution in [-0.4, -0.2) is 62.9 Å². The van der Waals surface area contributed by atoms with Crippen LogP contribution in [0.25, 0.3) is 0 Å². The van der Waals surface area contributed by atoms with Gasteiger partial charge in [-0.2, -0.15) is 4.31 Å².